The van der Waals surface area contributed by atoms with Crippen LogP contribution >= 0.6 is 47.8 Å². The Labute approximate surface area is 103 Å². The van der Waals surface area contributed by atoms with Crippen LogP contribution in [0.2, 0.25) is 0 Å². The zero-order valence-corrected chi connectivity index (χ0v) is 11.7. The van der Waals surface area contributed by atoms with E-state index >= 15 is 0 Å². The molecule has 0 spiro atoms. The Bertz CT molecular complexity index is 276. The van der Waals surface area contributed by atoms with E-state index in [1.165, 1.54) is 0 Å². The Morgan fingerprint density at radius 1 is 1.23 bits per heavy atom. The molecule has 71 valence electrons. The number of benzene rings is 1. The number of ether oxygens (including phenoxy) is 1. The second-order valence-corrected chi connectivity index (χ2v) is 5.07. The van der Waals surface area contributed by atoms with Crippen LogP contribution in [-0.4, -0.2) is 13.7 Å². The number of hydrogen-bond donors (Lipinski definition) is 0. The van der Waals surface area contributed by atoms with Crippen LogP contribution in [0, 0.1) is 6.42 Å². The summed E-state index contributed by atoms with van der Waals surface area (Å²) < 4.78 is 8.11. The van der Waals surface area contributed by atoms with Gasteiger partial charge in [0.25, 0.3) is 0 Å². The molecule has 13 heavy (non-hydrogen) atoms. The Morgan fingerprint density at radius 2 is 1.77 bits per heavy atom. The minimum absolute atomic E-state index is 0.610. The maximum atomic E-state index is 4.98. The molecule has 0 heterocycles. The van der Waals surface area contributed by atoms with Crippen molar-refractivity contribution in [2.75, 3.05) is 13.7 Å². The van der Waals surface area contributed by atoms with Crippen molar-refractivity contribution >= 4 is 47.8 Å². The summed E-state index contributed by atoms with van der Waals surface area (Å²) in [5.41, 5.74) is 1.12. The van der Waals surface area contributed by atoms with Gasteiger partial charge in [0.1, 0.15) is 0 Å². The molecule has 1 radical (unpaired) electrons. The smallest absolute Gasteiger partial charge is 0.0538 e. The lowest BCUT2D eigenvalue weighted by atomic mass is 10.2. The first-order valence-electron chi connectivity index (χ1n) is 3.62. The van der Waals surface area contributed by atoms with Crippen molar-refractivity contribution < 1.29 is 4.74 Å². The van der Waals surface area contributed by atoms with E-state index in [2.05, 4.69) is 47.8 Å². The van der Waals surface area contributed by atoms with Crippen molar-refractivity contribution in [2.45, 2.75) is 0 Å². The molecule has 0 saturated heterocycles. The van der Waals surface area contributed by atoms with E-state index < -0.39 is 0 Å². The molecule has 0 aromatic heterocycles. The molecule has 0 atom stereocenters. The summed E-state index contributed by atoms with van der Waals surface area (Å²) >= 11 is 10.4. The third kappa shape index (κ3) is 3.35. The van der Waals surface area contributed by atoms with Gasteiger partial charge in [-0.05, 0) is 17.7 Å². The predicted octanol–water partition coefficient (Wildman–Crippen LogP) is 4.17. The predicted molar refractivity (Wildman–Crippen MR) is 64.8 cm³/mol. The molecular weight excluding hydrogens is 364 g/mol. The molecule has 0 aliphatic rings. The van der Waals surface area contributed by atoms with Crippen LogP contribution in [0.25, 0.3) is 0 Å². The lowest BCUT2D eigenvalue weighted by molar-refractivity contribution is 0.225. The highest BCUT2D eigenvalue weighted by molar-refractivity contribution is 9.11. The molecule has 0 bridgehead atoms. The van der Waals surface area contributed by atoms with Crippen molar-refractivity contribution in [2.24, 2.45) is 0 Å². The van der Waals surface area contributed by atoms with Crippen LogP contribution < -0.4 is 0 Å². The lowest BCUT2D eigenvalue weighted by Gasteiger charge is -2.06. The number of halogens is 3. The van der Waals surface area contributed by atoms with E-state index in [0.717, 1.165) is 19.0 Å². The summed E-state index contributed by atoms with van der Waals surface area (Å²) in [6.07, 6.45) is 2.01. The molecule has 0 amide bonds. The summed E-state index contributed by atoms with van der Waals surface area (Å²) in [5.74, 6) is 0. The molecule has 4 heteroatoms. The van der Waals surface area contributed by atoms with Crippen molar-refractivity contribution in [3.05, 3.63) is 37.5 Å². The molecule has 0 N–H and O–H groups in total. The molecular formula is C9H8Br3O. The van der Waals surface area contributed by atoms with Gasteiger partial charge in [-0.2, -0.15) is 0 Å². The minimum atomic E-state index is 0.610. The molecule has 0 aliphatic carbocycles. The van der Waals surface area contributed by atoms with Gasteiger partial charge in [-0.25, -0.2) is 0 Å². The van der Waals surface area contributed by atoms with Gasteiger partial charge in [0.2, 0.25) is 0 Å². The topological polar surface area (TPSA) is 9.23 Å². The fourth-order valence-corrected chi connectivity index (χ4v) is 3.50. The quantitative estimate of drug-likeness (QED) is 0.774. The highest BCUT2D eigenvalue weighted by atomic mass is 79.9. The first-order valence-corrected chi connectivity index (χ1v) is 5.99. The van der Waals surface area contributed by atoms with E-state index in [9.17, 15) is 0 Å². The zero-order valence-electron chi connectivity index (χ0n) is 6.98. The van der Waals surface area contributed by atoms with Crippen molar-refractivity contribution in [3.63, 3.8) is 0 Å². The normalized spacial score (nSPS) is 10.5. The maximum absolute atomic E-state index is 4.98. The summed E-state index contributed by atoms with van der Waals surface area (Å²) in [7, 11) is 1.68. The van der Waals surface area contributed by atoms with E-state index in [-0.39, 0.29) is 0 Å². The second-order valence-electron chi connectivity index (χ2n) is 2.44. The summed E-state index contributed by atoms with van der Waals surface area (Å²) in [6.45, 7) is 0.610. The molecule has 0 unspecified atom stereocenters. The van der Waals surface area contributed by atoms with Gasteiger partial charge in [-0.1, -0.05) is 47.8 Å². The molecule has 0 aliphatic heterocycles. The Hall–Kier alpha value is 0.620. The number of methoxy groups -OCH3 is 1. The van der Waals surface area contributed by atoms with Gasteiger partial charge in [0, 0.05) is 26.9 Å². The van der Waals surface area contributed by atoms with Gasteiger partial charge >= 0.3 is 0 Å². The zero-order chi connectivity index (χ0) is 9.84. The molecule has 0 fully saturated rings. The molecule has 1 nitrogen and oxygen atoms in total. The van der Waals surface area contributed by atoms with Crippen molar-refractivity contribution in [3.8, 4) is 0 Å². The van der Waals surface area contributed by atoms with Crippen LogP contribution in [-0.2, 0) is 4.74 Å². The first kappa shape index (κ1) is 11.7. The average Bonchev–Trinajstić information content (AvgIpc) is 2.02. The fourth-order valence-electron chi connectivity index (χ4n) is 0.915. The highest BCUT2D eigenvalue weighted by Crippen LogP contribution is 2.30. The molecule has 1 aromatic rings. The van der Waals surface area contributed by atoms with Gasteiger partial charge in [0.15, 0.2) is 0 Å². The third-order valence-corrected chi connectivity index (χ3v) is 3.27. The van der Waals surface area contributed by atoms with Crippen molar-refractivity contribution in [1.82, 2.24) is 0 Å². The Balaban J connectivity index is 2.92. The van der Waals surface area contributed by atoms with E-state index in [1.54, 1.807) is 7.11 Å². The SMILES string of the molecule is COC[CH]c1c(Br)cc(Br)cc1Br. The Kier molecular flexibility index (Phi) is 4.94. The van der Waals surface area contributed by atoms with Crippen LogP contribution in [0.15, 0.2) is 25.6 Å². The van der Waals surface area contributed by atoms with Crippen LogP contribution in [0.4, 0.5) is 0 Å². The van der Waals surface area contributed by atoms with Gasteiger partial charge in [-0.3, -0.25) is 0 Å². The van der Waals surface area contributed by atoms with Crippen LogP contribution in [0.3, 0.4) is 0 Å². The largest absolute Gasteiger partial charge is 0.384 e. The van der Waals surface area contributed by atoms with Gasteiger partial charge in [0.05, 0.1) is 6.61 Å². The molecule has 1 aromatic carbocycles. The summed E-state index contributed by atoms with van der Waals surface area (Å²) in [4.78, 5) is 0. The number of hydrogen-bond acceptors (Lipinski definition) is 1. The fraction of sp³-hybridized carbons (Fsp3) is 0.222. The van der Waals surface area contributed by atoms with Gasteiger partial charge in [-0.15, -0.1) is 0 Å². The average molecular weight is 372 g/mol. The molecule has 0 saturated carbocycles. The van der Waals surface area contributed by atoms with E-state index in [0.29, 0.717) is 6.61 Å². The van der Waals surface area contributed by atoms with E-state index in [1.807, 2.05) is 18.6 Å². The van der Waals surface area contributed by atoms with Crippen LogP contribution in [0.5, 0.6) is 0 Å². The molecule has 1 rings (SSSR count). The van der Waals surface area contributed by atoms with Gasteiger partial charge < -0.3 is 4.74 Å². The number of rotatable bonds is 3. The van der Waals surface area contributed by atoms with Crippen molar-refractivity contribution in [1.29, 1.82) is 0 Å². The summed E-state index contributed by atoms with van der Waals surface area (Å²) in [5, 5.41) is 0. The third-order valence-electron chi connectivity index (χ3n) is 1.50. The standard InChI is InChI=1S/C9H8Br3O/c1-13-3-2-7-8(11)4-6(10)5-9(7)12/h2,4-5H,3H2,1H3. The first-order chi connectivity index (χ1) is 6.15. The Morgan fingerprint density at radius 3 is 2.23 bits per heavy atom. The minimum Gasteiger partial charge on any atom is -0.384 e. The maximum Gasteiger partial charge on any atom is 0.0538 e. The van der Waals surface area contributed by atoms with E-state index in [4.69, 9.17) is 4.74 Å². The van der Waals surface area contributed by atoms with Crippen LogP contribution in [0.1, 0.15) is 5.56 Å². The lowest BCUT2D eigenvalue weighted by Crippen LogP contribution is -1.93. The highest BCUT2D eigenvalue weighted by Gasteiger charge is 2.06. The second kappa shape index (κ2) is 5.49. The monoisotopic (exact) mass is 369 g/mol. The summed E-state index contributed by atoms with van der Waals surface area (Å²) in [6, 6.07) is 4.01.